The van der Waals surface area contributed by atoms with Crippen molar-refractivity contribution < 1.29 is 14.3 Å². The van der Waals surface area contributed by atoms with E-state index in [9.17, 15) is 4.79 Å². The Morgan fingerprint density at radius 3 is 2.85 bits per heavy atom. The first-order valence-electron chi connectivity index (χ1n) is 13.6. The Bertz CT molecular complexity index is 1730. The maximum Gasteiger partial charge on any atom is 0.337 e. The summed E-state index contributed by atoms with van der Waals surface area (Å²) in [5, 5.41) is 6.05. The number of esters is 1. The standard InChI is InChI=1S/C32H30N4O3S/c1-38-16-5-14-36-27-12-10-22(32(37)39-2)19-25(27)34-31(36)21-9-11-26-24(18-21)33-29(28-8-4-17-40-28)23-7-3-6-20-13-15-35(26)30(20)23/h3-4,6-12,17-19,29,33H,5,13-16H2,1-2H3. The molecule has 8 heteroatoms. The van der Waals surface area contributed by atoms with Gasteiger partial charge >= 0.3 is 5.97 Å². The lowest BCUT2D eigenvalue weighted by Gasteiger charge is -2.21. The van der Waals surface area contributed by atoms with Crippen molar-refractivity contribution in [3.8, 4) is 11.4 Å². The predicted molar refractivity (Wildman–Crippen MR) is 160 cm³/mol. The third-order valence-corrected chi connectivity index (χ3v) is 8.85. The minimum Gasteiger partial charge on any atom is -0.465 e. The number of hydrogen-bond acceptors (Lipinski definition) is 7. The molecule has 2 aromatic heterocycles. The topological polar surface area (TPSA) is 68.6 Å². The number of para-hydroxylation sites is 1. The van der Waals surface area contributed by atoms with Crippen molar-refractivity contribution in [1.29, 1.82) is 0 Å². The molecule has 0 radical (unpaired) electrons. The summed E-state index contributed by atoms with van der Waals surface area (Å²) in [6, 6.07) is 23.3. The summed E-state index contributed by atoms with van der Waals surface area (Å²) in [4.78, 5) is 21.0. The number of hydrogen-bond donors (Lipinski definition) is 1. The number of aryl methyl sites for hydroxylation is 1. The molecule has 7 rings (SSSR count). The van der Waals surface area contributed by atoms with Crippen LogP contribution in [-0.4, -0.2) is 42.9 Å². The Balaban J connectivity index is 1.37. The number of fused-ring (bicyclic) bond motifs is 3. The van der Waals surface area contributed by atoms with Gasteiger partial charge in [0.2, 0.25) is 0 Å². The molecule has 40 heavy (non-hydrogen) atoms. The third kappa shape index (κ3) is 4.06. The smallest absolute Gasteiger partial charge is 0.337 e. The molecule has 1 N–H and O–H groups in total. The lowest BCUT2D eigenvalue weighted by molar-refractivity contribution is 0.0601. The zero-order chi connectivity index (χ0) is 27.2. The van der Waals surface area contributed by atoms with E-state index in [0.29, 0.717) is 12.2 Å². The molecule has 1 atom stereocenters. The van der Waals surface area contributed by atoms with E-state index in [1.807, 2.05) is 12.1 Å². The van der Waals surface area contributed by atoms with Crippen LogP contribution in [0.3, 0.4) is 0 Å². The fraction of sp³-hybridized carbons (Fsp3) is 0.250. The van der Waals surface area contributed by atoms with Gasteiger partial charge in [0.1, 0.15) is 5.82 Å². The Morgan fingerprint density at radius 2 is 2.02 bits per heavy atom. The van der Waals surface area contributed by atoms with Crippen LogP contribution in [-0.2, 0) is 22.4 Å². The molecule has 202 valence electrons. The minimum atomic E-state index is -0.365. The van der Waals surface area contributed by atoms with E-state index in [1.54, 1.807) is 24.5 Å². The molecule has 0 saturated heterocycles. The second-order valence-electron chi connectivity index (χ2n) is 10.2. The Labute approximate surface area is 237 Å². The third-order valence-electron chi connectivity index (χ3n) is 7.91. The van der Waals surface area contributed by atoms with E-state index in [2.05, 4.69) is 68.7 Å². The van der Waals surface area contributed by atoms with E-state index in [1.165, 1.54) is 34.5 Å². The van der Waals surface area contributed by atoms with E-state index in [0.717, 1.165) is 54.0 Å². The molecule has 0 amide bonds. The van der Waals surface area contributed by atoms with Crippen molar-refractivity contribution in [3.63, 3.8) is 0 Å². The molecule has 0 saturated carbocycles. The lowest BCUT2D eigenvalue weighted by Crippen LogP contribution is -2.14. The molecule has 2 aliphatic rings. The highest BCUT2D eigenvalue weighted by atomic mass is 32.1. The van der Waals surface area contributed by atoms with Crippen LogP contribution in [0.15, 0.2) is 72.1 Å². The molecule has 0 bridgehead atoms. The zero-order valence-corrected chi connectivity index (χ0v) is 23.3. The van der Waals surface area contributed by atoms with Crippen molar-refractivity contribution >= 4 is 45.4 Å². The largest absolute Gasteiger partial charge is 0.465 e. The van der Waals surface area contributed by atoms with Crippen LogP contribution in [0.1, 0.15) is 38.8 Å². The van der Waals surface area contributed by atoms with E-state index in [-0.39, 0.29) is 12.0 Å². The minimum absolute atomic E-state index is 0.0650. The first kappa shape index (κ1) is 24.9. The summed E-state index contributed by atoms with van der Waals surface area (Å²) >= 11 is 1.78. The van der Waals surface area contributed by atoms with Crippen LogP contribution in [0.2, 0.25) is 0 Å². The number of ether oxygens (including phenoxy) is 2. The van der Waals surface area contributed by atoms with Gasteiger partial charge in [-0.1, -0.05) is 24.3 Å². The Hall–Kier alpha value is -4.14. The number of methoxy groups -OCH3 is 2. The van der Waals surface area contributed by atoms with Crippen LogP contribution in [0.25, 0.3) is 22.4 Å². The number of thiophene rings is 1. The number of aromatic nitrogens is 2. The van der Waals surface area contributed by atoms with Gasteiger partial charge in [-0.05, 0) is 66.2 Å². The van der Waals surface area contributed by atoms with Gasteiger partial charge in [-0.25, -0.2) is 9.78 Å². The monoisotopic (exact) mass is 550 g/mol. The zero-order valence-electron chi connectivity index (χ0n) is 22.5. The quantitative estimate of drug-likeness (QED) is 0.178. The predicted octanol–water partition coefficient (Wildman–Crippen LogP) is 6.80. The SMILES string of the molecule is COCCCn1c(-c2ccc3c(c2)NC(c2cccs2)c2cccc4c2N3CC4)nc2cc(C(=O)OC)ccc21. The van der Waals surface area contributed by atoms with E-state index in [4.69, 9.17) is 14.5 Å². The van der Waals surface area contributed by atoms with Crippen LogP contribution in [0.5, 0.6) is 0 Å². The molecule has 1 unspecified atom stereocenters. The number of nitrogens with zero attached hydrogens (tertiary/aromatic N) is 3. The maximum atomic E-state index is 12.2. The number of rotatable bonds is 7. The number of carbonyl (C=O) groups is 1. The lowest BCUT2D eigenvalue weighted by atomic mass is 10.00. The van der Waals surface area contributed by atoms with Gasteiger partial charge in [0.15, 0.2) is 0 Å². The molecule has 5 aromatic rings. The highest BCUT2D eigenvalue weighted by Gasteiger charge is 2.33. The molecule has 7 nitrogen and oxygen atoms in total. The Morgan fingerprint density at radius 1 is 1.10 bits per heavy atom. The second-order valence-corrected chi connectivity index (χ2v) is 11.2. The van der Waals surface area contributed by atoms with E-state index < -0.39 is 0 Å². The van der Waals surface area contributed by atoms with Crippen molar-refractivity contribution in [2.24, 2.45) is 0 Å². The average Bonchev–Trinajstić information content (AvgIpc) is 3.73. The Kier molecular flexibility index (Phi) is 6.29. The summed E-state index contributed by atoms with van der Waals surface area (Å²) in [5.41, 5.74) is 9.59. The second kappa shape index (κ2) is 10.1. The number of nitrogens with one attached hydrogen (secondary N) is 1. The number of benzene rings is 3. The molecule has 0 aliphatic carbocycles. The molecule has 4 heterocycles. The van der Waals surface area contributed by atoms with Crippen molar-refractivity contribution in [3.05, 3.63) is 93.7 Å². The fourth-order valence-corrected chi connectivity index (χ4v) is 6.88. The van der Waals surface area contributed by atoms with Gasteiger partial charge in [-0.2, -0.15) is 0 Å². The van der Waals surface area contributed by atoms with Crippen molar-refractivity contribution in [1.82, 2.24) is 9.55 Å². The first-order chi connectivity index (χ1) is 19.7. The van der Waals surface area contributed by atoms with Crippen LogP contribution in [0, 0.1) is 0 Å². The average molecular weight is 551 g/mol. The molecule has 3 aromatic carbocycles. The van der Waals surface area contributed by atoms with Gasteiger partial charge in [0.05, 0.1) is 46.8 Å². The van der Waals surface area contributed by atoms with Gasteiger partial charge in [0.25, 0.3) is 0 Å². The number of imidazole rings is 1. The van der Waals surface area contributed by atoms with Gasteiger partial charge < -0.3 is 24.3 Å². The van der Waals surface area contributed by atoms with Gasteiger partial charge in [0, 0.05) is 42.8 Å². The molecule has 0 fully saturated rings. The van der Waals surface area contributed by atoms with Crippen LogP contribution in [0.4, 0.5) is 17.1 Å². The summed E-state index contributed by atoms with van der Waals surface area (Å²) in [6.07, 6.45) is 1.89. The summed E-state index contributed by atoms with van der Waals surface area (Å²) in [6.45, 7) is 2.37. The fourth-order valence-electron chi connectivity index (χ4n) is 6.09. The molecule has 2 aliphatic heterocycles. The van der Waals surface area contributed by atoms with Crippen molar-refractivity contribution in [2.45, 2.75) is 25.4 Å². The number of anilines is 3. The molecule has 0 spiro atoms. The summed E-state index contributed by atoms with van der Waals surface area (Å²) in [5.74, 6) is 0.505. The highest BCUT2D eigenvalue weighted by Crippen LogP contribution is 2.49. The first-order valence-corrected chi connectivity index (χ1v) is 14.5. The van der Waals surface area contributed by atoms with Gasteiger partial charge in [-0.3, -0.25) is 0 Å². The maximum absolute atomic E-state index is 12.2. The normalized spacial score (nSPS) is 15.4. The summed E-state index contributed by atoms with van der Waals surface area (Å²) in [7, 11) is 3.12. The van der Waals surface area contributed by atoms with E-state index >= 15 is 0 Å². The number of carbonyl (C=O) groups excluding carboxylic acids is 1. The highest BCUT2D eigenvalue weighted by molar-refractivity contribution is 7.10. The molecular weight excluding hydrogens is 520 g/mol. The van der Waals surface area contributed by atoms with Crippen LogP contribution >= 0.6 is 11.3 Å². The molecular formula is C32H30N4O3S. The van der Waals surface area contributed by atoms with Gasteiger partial charge in [-0.15, -0.1) is 11.3 Å². The van der Waals surface area contributed by atoms with Crippen molar-refractivity contribution in [2.75, 3.05) is 37.6 Å². The van der Waals surface area contributed by atoms with Crippen LogP contribution < -0.4 is 10.2 Å². The summed E-state index contributed by atoms with van der Waals surface area (Å²) < 4.78 is 12.5.